The lowest BCUT2D eigenvalue weighted by Gasteiger charge is -2.07. The highest BCUT2D eigenvalue weighted by atomic mass is 35.5. The Labute approximate surface area is 187 Å². The predicted molar refractivity (Wildman–Crippen MR) is 115 cm³/mol. The van der Waals surface area contributed by atoms with Crippen molar-refractivity contribution >= 4 is 41.3 Å². The number of benzene rings is 3. The molecule has 158 valence electrons. The van der Waals surface area contributed by atoms with Crippen LogP contribution in [-0.2, 0) is 4.79 Å². The van der Waals surface area contributed by atoms with Gasteiger partial charge in [0.2, 0.25) is 0 Å². The minimum atomic E-state index is -0.799. The van der Waals surface area contributed by atoms with Crippen molar-refractivity contribution < 1.29 is 23.5 Å². The molecule has 0 atom stereocenters. The fourth-order valence-corrected chi connectivity index (χ4v) is 2.82. The number of amides is 1. The van der Waals surface area contributed by atoms with Gasteiger partial charge in [0.15, 0.2) is 6.61 Å². The van der Waals surface area contributed by atoms with E-state index in [0.717, 1.165) is 0 Å². The van der Waals surface area contributed by atoms with Gasteiger partial charge in [-0.15, -0.1) is 0 Å². The van der Waals surface area contributed by atoms with Gasteiger partial charge in [0, 0.05) is 5.02 Å². The number of nitrogens with one attached hydrogen (secondary N) is 1. The minimum Gasteiger partial charge on any atom is -0.482 e. The summed E-state index contributed by atoms with van der Waals surface area (Å²) in [4.78, 5) is 23.8. The van der Waals surface area contributed by atoms with Gasteiger partial charge < -0.3 is 9.47 Å². The molecule has 0 saturated carbocycles. The fourth-order valence-electron chi connectivity index (χ4n) is 2.36. The first-order valence-corrected chi connectivity index (χ1v) is 9.64. The highest BCUT2D eigenvalue weighted by molar-refractivity contribution is 6.35. The van der Waals surface area contributed by atoms with E-state index < -0.39 is 17.7 Å². The van der Waals surface area contributed by atoms with Gasteiger partial charge in [0.05, 0.1) is 16.8 Å². The quantitative estimate of drug-likeness (QED) is 0.236. The van der Waals surface area contributed by atoms with Crippen LogP contribution in [0.4, 0.5) is 4.39 Å². The first-order chi connectivity index (χ1) is 14.9. The van der Waals surface area contributed by atoms with Crippen LogP contribution in [-0.4, -0.2) is 24.7 Å². The zero-order chi connectivity index (χ0) is 22.2. The molecule has 0 aliphatic rings. The van der Waals surface area contributed by atoms with Crippen LogP contribution in [0, 0.1) is 5.82 Å². The normalized spacial score (nSPS) is 10.7. The summed E-state index contributed by atoms with van der Waals surface area (Å²) in [6.45, 7) is -0.288. The number of rotatable bonds is 7. The second kappa shape index (κ2) is 10.6. The molecule has 0 heterocycles. The average molecular weight is 461 g/mol. The molecule has 0 aromatic heterocycles. The Morgan fingerprint density at radius 1 is 1.03 bits per heavy atom. The number of nitrogens with zero attached hydrogens (tertiary/aromatic N) is 1. The van der Waals surface area contributed by atoms with E-state index in [2.05, 4.69) is 10.5 Å². The van der Waals surface area contributed by atoms with Crippen molar-refractivity contribution in [2.75, 3.05) is 6.61 Å². The maximum Gasteiger partial charge on any atom is 0.346 e. The summed E-state index contributed by atoms with van der Waals surface area (Å²) in [6, 6.07) is 16.5. The van der Waals surface area contributed by atoms with Crippen molar-refractivity contribution in [2.24, 2.45) is 5.10 Å². The molecular weight excluding hydrogens is 446 g/mol. The van der Waals surface area contributed by atoms with Crippen LogP contribution in [0.25, 0.3) is 0 Å². The molecule has 0 unspecified atom stereocenters. The number of carbonyl (C=O) groups excluding carboxylic acids is 2. The van der Waals surface area contributed by atoms with Gasteiger partial charge >= 0.3 is 5.97 Å². The van der Waals surface area contributed by atoms with Crippen LogP contribution in [0.3, 0.4) is 0 Å². The van der Waals surface area contributed by atoms with Gasteiger partial charge in [0.25, 0.3) is 5.91 Å². The zero-order valence-electron chi connectivity index (χ0n) is 15.8. The van der Waals surface area contributed by atoms with Crippen LogP contribution in [0.1, 0.15) is 15.9 Å². The van der Waals surface area contributed by atoms with Crippen LogP contribution >= 0.6 is 23.2 Å². The van der Waals surface area contributed by atoms with E-state index in [4.69, 9.17) is 32.7 Å². The third kappa shape index (κ3) is 6.53. The van der Waals surface area contributed by atoms with E-state index in [1.54, 1.807) is 30.3 Å². The van der Waals surface area contributed by atoms with Gasteiger partial charge in [-0.1, -0.05) is 35.3 Å². The molecule has 0 radical (unpaired) electrons. The summed E-state index contributed by atoms with van der Waals surface area (Å²) >= 11 is 11.8. The standard InChI is InChI=1S/C22H15Cl2FN2O4/c23-15-7-10-20(18(24)11-15)30-13-21(28)27-26-12-14-5-8-16(9-6-14)31-22(29)17-3-1-2-4-19(17)25/h1-12H,13H2,(H,27,28)/b26-12-. The van der Waals surface area contributed by atoms with Gasteiger partial charge in [0.1, 0.15) is 17.3 Å². The number of hydrazone groups is 1. The van der Waals surface area contributed by atoms with E-state index >= 15 is 0 Å². The van der Waals surface area contributed by atoms with Crippen LogP contribution < -0.4 is 14.9 Å². The molecule has 0 bridgehead atoms. The number of hydrogen-bond donors (Lipinski definition) is 1. The van der Waals surface area contributed by atoms with Gasteiger partial charge in [-0.3, -0.25) is 4.79 Å². The highest BCUT2D eigenvalue weighted by Crippen LogP contribution is 2.27. The Balaban J connectivity index is 1.48. The summed E-state index contributed by atoms with van der Waals surface area (Å²) in [6.07, 6.45) is 1.40. The third-order valence-corrected chi connectivity index (χ3v) is 4.37. The lowest BCUT2D eigenvalue weighted by atomic mass is 10.2. The average Bonchev–Trinajstić information content (AvgIpc) is 2.74. The molecule has 0 aliphatic carbocycles. The maximum absolute atomic E-state index is 13.6. The van der Waals surface area contributed by atoms with Crippen molar-refractivity contribution in [1.82, 2.24) is 5.43 Å². The largest absolute Gasteiger partial charge is 0.482 e. The number of ether oxygens (including phenoxy) is 2. The Bertz CT molecular complexity index is 1120. The molecule has 0 spiro atoms. The van der Waals surface area contributed by atoms with Crippen LogP contribution in [0.2, 0.25) is 10.0 Å². The van der Waals surface area contributed by atoms with Gasteiger partial charge in [-0.2, -0.15) is 5.10 Å². The molecule has 1 N–H and O–H groups in total. The molecule has 0 aliphatic heterocycles. The highest BCUT2D eigenvalue weighted by Gasteiger charge is 2.13. The molecule has 31 heavy (non-hydrogen) atoms. The van der Waals surface area contributed by atoms with Gasteiger partial charge in [-0.25, -0.2) is 14.6 Å². The van der Waals surface area contributed by atoms with Crippen molar-refractivity contribution in [3.05, 3.63) is 93.7 Å². The number of halogens is 3. The van der Waals surface area contributed by atoms with Crippen LogP contribution in [0.5, 0.6) is 11.5 Å². The molecule has 0 fully saturated rings. The minimum absolute atomic E-state index is 0.155. The molecule has 3 aromatic rings. The van der Waals surface area contributed by atoms with E-state index in [1.807, 2.05) is 0 Å². The summed E-state index contributed by atoms with van der Waals surface area (Å²) in [5.74, 6) is -1.38. The monoisotopic (exact) mass is 460 g/mol. The number of hydrogen-bond acceptors (Lipinski definition) is 5. The number of esters is 1. The van der Waals surface area contributed by atoms with Crippen molar-refractivity contribution in [1.29, 1.82) is 0 Å². The molecule has 0 saturated heterocycles. The first kappa shape index (κ1) is 22.3. The van der Waals surface area contributed by atoms with E-state index in [0.29, 0.717) is 21.4 Å². The summed E-state index contributed by atoms with van der Waals surface area (Å²) in [5.41, 5.74) is 2.79. The Morgan fingerprint density at radius 3 is 2.48 bits per heavy atom. The molecule has 1 amide bonds. The Morgan fingerprint density at radius 2 is 1.77 bits per heavy atom. The summed E-state index contributed by atoms with van der Waals surface area (Å²) in [7, 11) is 0. The maximum atomic E-state index is 13.6. The van der Waals surface area contributed by atoms with E-state index in [9.17, 15) is 14.0 Å². The molecule has 6 nitrogen and oxygen atoms in total. The topological polar surface area (TPSA) is 77.0 Å². The second-order valence-corrected chi connectivity index (χ2v) is 6.94. The lowest BCUT2D eigenvalue weighted by molar-refractivity contribution is -0.123. The lowest BCUT2D eigenvalue weighted by Crippen LogP contribution is -2.24. The Kier molecular flexibility index (Phi) is 7.59. The second-order valence-electron chi connectivity index (χ2n) is 6.09. The fraction of sp³-hybridized carbons (Fsp3) is 0.0455. The smallest absolute Gasteiger partial charge is 0.346 e. The molecular formula is C22H15Cl2FN2O4. The van der Waals surface area contributed by atoms with Gasteiger partial charge in [-0.05, 0) is 60.2 Å². The van der Waals surface area contributed by atoms with Crippen molar-refractivity contribution in [3.63, 3.8) is 0 Å². The van der Waals surface area contributed by atoms with Crippen molar-refractivity contribution in [2.45, 2.75) is 0 Å². The van der Waals surface area contributed by atoms with E-state index in [-0.39, 0.29) is 17.9 Å². The SMILES string of the molecule is O=C(COc1ccc(Cl)cc1Cl)N/N=C\c1ccc(OC(=O)c2ccccc2F)cc1. The molecule has 3 aromatic carbocycles. The number of carbonyl (C=O) groups is 2. The summed E-state index contributed by atoms with van der Waals surface area (Å²) in [5, 5.41) is 4.57. The predicted octanol–water partition coefficient (Wildman–Crippen LogP) is 4.88. The Hall–Kier alpha value is -3.42. The first-order valence-electron chi connectivity index (χ1n) is 8.89. The third-order valence-electron chi connectivity index (χ3n) is 3.84. The molecule has 3 rings (SSSR count). The van der Waals surface area contributed by atoms with E-state index in [1.165, 1.54) is 42.6 Å². The molecule has 9 heteroatoms. The van der Waals surface area contributed by atoms with Crippen molar-refractivity contribution in [3.8, 4) is 11.5 Å². The summed E-state index contributed by atoms with van der Waals surface area (Å²) < 4.78 is 24.1. The zero-order valence-corrected chi connectivity index (χ0v) is 17.4. The van der Waals surface area contributed by atoms with Crippen LogP contribution in [0.15, 0.2) is 71.8 Å².